The number of ether oxygens (including phenoxy) is 1. The zero-order valence-electron chi connectivity index (χ0n) is 12.5. The zero-order chi connectivity index (χ0) is 14.5. The molecule has 1 aromatic carbocycles. The summed E-state index contributed by atoms with van der Waals surface area (Å²) >= 11 is 0. The number of amides is 1. The zero-order valence-corrected chi connectivity index (χ0v) is 12.5. The van der Waals surface area contributed by atoms with Crippen molar-refractivity contribution in [3.05, 3.63) is 29.3 Å². The Hall–Kier alpha value is -1.55. The van der Waals surface area contributed by atoms with E-state index in [1.54, 1.807) is 0 Å². The Morgan fingerprint density at radius 3 is 3.00 bits per heavy atom. The predicted octanol–water partition coefficient (Wildman–Crippen LogP) is 2.73. The van der Waals surface area contributed by atoms with Crippen LogP contribution in [0.5, 0.6) is 0 Å². The van der Waals surface area contributed by atoms with Crippen LogP contribution >= 0.6 is 0 Å². The average Bonchev–Trinajstić information content (AvgIpc) is 3.04. The van der Waals surface area contributed by atoms with Gasteiger partial charge in [-0.05, 0) is 37.3 Å². The van der Waals surface area contributed by atoms with Gasteiger partial charge in [0, 0.05) is 13.1 Å². The highest BCUT2D eigenvalue weighted by Crippen LogP contribution is 2.26. The van der Waals surface area contributed by atoms with Crippen molar-refractivity contribution < 1.29 is 9.53 Å². The third kappa shape index (κ3) is 3.56. The van der Waals surface area contributed by atoms with Crippen molar-refractivity contribution in [2.45, 2.75) is 44.6 Å². The molecule has 0 saturated heterocycles. The van der Waals surface area contributed by atoms with Crippen molar-refractivity contribution >= 4 is 11.6 Å². The molecule has 4 heteroatoms. The predicted molar refractivity (Wildman–Crippen MR) is 83.8 cm³/mol. The maximum atomic E-state index is 12.3. The number of para-hydroxylation sites is 1. The Morgan fingerprint density at radius 2 is 2.14 bits per heavy atom. The lowest BCUT2D eigenvalue weighted by atomic mass is 9.99. The fourth-order valence-electron chi connectivity index (χ4n) is 3.24. The lowest BCUT2D eigenvalue weighted by Crippen LogP contribution is -2.29. The number of benzene rings is 1. The summed E-state index contributed by atoms with van der Waals surface area (Å²) in [5, 5.41) is 6.32. The van der Waals surface area contributed by atoms with Crippen LogP contribution in [0.15, 0.2) is 18.2 Å². The minimum Gasteiger partial charge on any atom is -0.384 e. The Bertz CT molecular complexity index is 496. The van der Waals surface area contributed by atoms with Gasteiger partial charge in [-0.15, -0.1) is 0 Å². The van der Waals surface area contributed by atoms with Gasteiger partial charge in [0.2, 0.25) is 0 Å². The Kier molecular flexibility index (Phi) is 4.76. The summed E-state index contributed by atoms with van der Waals surface area (Å²) in [7, 11) is 0. The lowest BCUT2D eigenvalue weighted by molar-refractivity contribution is 0.0582. The topological polar surface area (TPSA) is 50.4 Å². The van der Waals surface area contributed by atoms with Crippen molar-refractivity contribution in [2.24, 2.45) is 0 Å². The molecule has 4 nitrogen and oxygen atoms in total. The van der Waals surface area contributed by atoms with Gasteiger partial charge in [-0.25, -0.2) is 0 Å². The molecule has 1 heterocycles. The summed E-state index contributed by atoms with van der Waals surface area (Å²) in [6, 6.07) is 5.96. The molecule has 1 fully saturated rings. The molecule has 1 aliphatic carbocycles. The van der Waals surface area contributed by atoms with E-state index < -0.39 is 0 Å². The normalized spacial score (nSPS) is 18.1. The van der Waals surface area contributed by atoms with Crippen LogP contribution in [0.25, 0.3) is 0 Å². The van der Waals surface area contributed by atoms with Gasteiger partial charge in [0.15, 0.2) is 0 Å². The number of carbonyl (C=O) groups is 1. The molecule has 0 unspecified atom stereocenters. The molecule has 1 aliphatic heterocycles. The number of anilines is 1. The highest BCUT2D eigenvalue weighted by molar-refractivity contribution is 6.00. The van der Waals surface area contributed by atoms with Crippen LogP contribution < -0.4 is 10.6 Å². The molecule has 0 aromatic heterocycles. The first-order chi connectivity index (χ1) is 10.3. The fourth-order valence-corrected chi connectivity index (χ4v) is 3.24. The minimum absolute atomic E-state index is 0.00345. The average molecular weight is 288 g/mol. The summed E-state index contributed by atoms with van der Waals surface area (Å²) in [4.78, 5) is 12.3. The smallest absolute Gasteiger partial charge is 0.253 e. The van der Waals surface area contributed by atoms with Gasteiger partial charge in [-0.3, -0.25) is 4.79 Å². The van der Waals surface area contributed by atoms with E-state index in [4.69, 9.17) is 4.74 Å². The van der Waals surface area contributed by atoms with Crippen molar-refractivity contribution in [1.29, 1.82) is 0 Å². The Balaban J connectivity index is 1.51. The summed E-state index contributed by atoms with van der Waals surface area (Å²) in [6.45, 7) is 2.14. The molecule has 2 aliphatic rings. The van der Waals surface area contributed by atoms with Crippen molar-refractivity contribution in [3.63, 3.8) is 0 Å². The van der Waals surface area contributed by atoms with Gasteiger partial charge in [0.05, 0.1) is 24.0 Å². The van der Waals surface area contributed by atoms with Gasteiger partial charge in [-0.2, -0.15) is 0 Å². The van der Waals surface area contributed by atoms with E-state index >= 15 is 0 Å². The second-order valence-electron chi connectivity index (χ2n) is 5.90. The largest absolute Gasteiger partial charge is 0.384 e. The van der Waals surface area contributed by atoms with Gasteiger partial charge in [-0.1, -0.05) is 25.0 Å². The molecule has 0 bridgehead atoms. The number of fused-ring (bicyclic) bond motifs is 1. The summed E-state index contributed by atoms with van der Waals surface area (Å²) < 4.78 is 5.77. The van der Waals surface area contributed by atoms with E-state index in [1.165, 1.54) is 31.2 Å². The third-order valence-electron chi connectivity index (χ3n) is 4.36. The highest BCUT2D eigenvalue weighted by Gasteiger charge is 2.18. The second kappa shape index (κ2) is 6.94. The number of carbonyl (C=O) groups excluding carboxylic acids is 1. The monoisotopic (exact) mass is 288 g/mol. The SMILES string of the molecule is O=C(NCCOC1CCCC1)c1cccc2c1NCCC2. The van der Waals surface area contributed by atoms with Gasteiger partial charge < -0.3 is 15.4 Å². The van der Waals surface area contributed by atoms with Gasteiger partial charge >= 0.3 is 0 Å². The Labute approximate surface area is 126 Å². The molecular weight excluding hydrogens is 264 g/mol. The maximum Gasteiger partial charge on any atom is 0.253 e. The first-order valence-corrected chi connectivity index (χ1v) is 8.10. The van der Waals surface area contributed by atoms with Crippen molar-refractivity contribution in [3.8, 4) is 0 Å². The minimum atomic E-state index is -0.00345. The number of hydrogen-bond donors (Lipinski definition) is 2. The molecule has 2 N–H and O–H groups in total. The van der Waals surface area contributed by atoms with Crippen LogP contribution in [0, 0.1) is 0 Å². The van der Waals surface area contributed by atoms with Crippen LogP contribution in [0.1, 0.15) is 48.0 Å². The Morgan fingerprint density at radius 1 is 1.29 bits per heavy atom. The molecular formula is C17H24N2O2. The van der Waals surface area contributed by atoms with E-state index in [-0.39, 0.29) is 5.91 Å². The number of nitrogens with one attached hydrogen (secondary N) is 2. The molecule has 21 heavy (non-hydrogen) atoms. The maximum absolute atomic E-state index is 12.3. The van der Waals surface area contributed by atoms with E-state index in [1.807, 2.05) is 12.1 Å². The molecule has 0 atom stereocenters. The molecule has 3 rings (SSSR count). The van der Waals surface area contributed by atoms with E-state index in [0.717, 1.165) is 30.6 Å². The van der Waals surface area contributed by atoms with Crippen molar-refractivity contribution in [1.82, 2.24) is 5.32 Å². The third-order valence-corrected chi connectivity index (χ3v) is 4.36. The summed E-state index contributed by atoms with van der Waals surface area (Å²) in [6.07, 6.45) is 7.49. The standard InChI is InChI=1S/C17H24N2O2/c20-17(19-11-12-21-14-7-1-2-8-14)15-9-3-5-13-6-4-10-18-16(13)15/h3,5,9,14,18H,1-2,4,6-8,10-12H2,(H,19,20). The number of rotatable bonds is 5. The van der Waals surface area contributed by atoms with Crippen LogP contribution in [-0.2, 0) is 11.2 Å². The quantitative estimate of drug-likeness (QED) is 0.819. The summed E-state index contributed by atoms with van der Waals surface area (Å²) in [5.41, 5.74) is 3.02. The first-order valence-electron chi connectivity index (χ1n) is 8.10. The van der Waals surface area contributed by atoms with Crippen LogP contribution in [0.3, 0.4) is 0 Å². The lowest BCUT2D eigenvalue weighted by Gasteiger charge is -2.21. The number of aryl methyl sites for hydroxylation is 1. The molecule has 114 valence electrons. The molecule has 0 radical (unpaired) electrons. The number of hydrogen-bond acceptors (Lipinski definition) is 3. The van der Waals surface area contributed by atoms with Gasteiger partial charge in [0.1, 0.15) is 0 Å². The molecule has 0 spiro atoms. The molecule has 1 amide bonds. The van der Waals surface area contributed by atoms with Crippen LogP contribution in [0.2, 0.25) is 0 Å². The first kappa shape index (κ1) is 14.4. The van der Waals surface area contributed by atoms with E-state index in [0.29, 0.717) is 19.3 Å². The van der Waals surface area contributed by atoms with Crippen LogP contribution in [0.4, 0.5) is 5.69 Å². The fraction of sp³-hybridized carbons (Fsp3) is 0.588. The molecule has 1 aromatic rings. The molecule has 1 saturated carbocycles. The van der Waals surface area contributed by atoms with Crippen LogP contribution in [-0.4, -0.2) is 31.7 Å². The van der Waals surface area contributed by atoms with E-state index in [9.17, 15) is 4.79 Å². The summed E-state index contributed by atoms with van der Waals surface area (Å²) in [5.74, 6) is -0.00345. The second-order valence-corrected chi connectivity index (χ2v) is 5.90. The van der Waals surface area contributed by atoms with Crippen molar-refractivity contribution in [2.75, 3.05) is 25.0 Å². The van der Waals surface area contributed by atoms with E-state index in [2.05, 4.69) is 16.7 Å². The highest BCUT2D eigenvalue weighted by atomic mass is 16.5. The van der Waals surface area contributed by atoms with Gasteiger partial charge in [0.25, 0.3) is 5.91 Å².